The van der Waals surface area contributed by atoms with Gasteiger partial charge in [0.15, 0.2) is 5.79 Å². The van der Waals surface area contributed by atoms with Gasteiger partial charge in [-0.25, -0.2) is 0 Å². The number of ether oxygens (including phenoxy) is 5. The molecule has 1 N–H and O–H groups in total. The standard InChI is InChI=1S/C37H42O6/c1-2-23-37(38)36(42-27-32-21-13-6-14-22-32)35(41-26-31-19-11-5-12-20-31)34(40-25-30-17-9-4-10-18-30)33(43-37)28-39-24-29-15-7-3-8-16-29/h3-22,33-36,38H,2,23-28H2,1H3/t33-,34+,35+,36-,37+/m1/s1. The quantitative estimate of drug-likeness (QED) is 0.165. The van der Waals surface area contributed by atoms with Crippen molar-refractivity contribution < 1.29 is 28.8 Å². The first-order valence-corrected chi connectivity index (χ1v) is 15.1. The van der Waals surface area contributed by atoms with Gasteiger partial charge in [-0.05, 0) is 22.3 Å². The molecular formula is C37H42O6. The van der Waals surface area contributed by atoms with Crippen LogP contribution in [0.5, 0.6) is 0 Å². The van der Waals surface area contributed by atoms with Crippen LogP contribution < -0.4 is 0 Å². The first-order chi connectivity index (χ1) is 21.1. The van der Waals surface area contributed by atoms with Crippen LogP contribution in [0.1, 0.15) is 42.0 Å². The molecule has 0 radical (unpaired) electrons. The van der Waals surface area contributed by atoms with E-state index in [0.29, 0.717) is 39.3 Å². The summed E-state index contributed by atoms with van der Waals surface area (Å²) in [6, 6.07) is 40.0. The van der Waals surface area contributed by atoms with Crippen molar-refractivity contribution in [3.05, 3.63) is 144 Å². The highest BCUT2D eigenvalue weighted by atomic mass is 16.7. The fraction of sp³-hybridized carbons (Fsp3) is 0.351. The van der Waals surface area contributed by atoms with Gasteiger partial charge < -0.3 is 28.8 Å². The molecule has 0 spiro atoms. The van der Waals surface area contributed by atoms with Crippen LogP contribution in [0.15, 0.2) is 121 Å². The van der Waals surface area contributed by atoms with Gasteiger partial charge in [0, 0.05) is 6.42 Å². The lowest BCUT2D eigenvalue weighted by atomic mass is 9.89. The van der Waals surface area contributed by atoms with E-state index in [4.69, 9.17) is 23.7 Å². The molecule has 1 fully saturated rings. The van der Waals surface area contributed by atoms with E-state index in [1.807, 2.05) is 128 Å². The maximum Gasteiger partial charge on any atom is 0.195 e. The third kappa shape index (κ3) is 8.83. The van der Waals surface area contributed by atoms with Gasteiger partial charge in [0.1, 0.15) is 24.4 Å². The third-order valence-electron chi connectivity index (χ3n) is 7.63. The van der Waals surface area contributed by atoms with Crippen LogP contribution in [0.25, 0.3) is 0 Å². The zero-order chi connectivity index (χ0) is 29.7. The van der Waals surface area contributed by atoms with Gasteiger partial charge in [-0.3, -0.25) is 0 Å². The summed E-state index contributed by atoms with van der Waals surface area (Å²) in [5.74, 6) is -1.60. The molecule has 6 heteroatoms. The zero-order valence-corrected chi connectivity index (χ0v) is 24.8. The number of hydrogen-bond acceptors (Lipinski definition) is 6. The molecule has 0 bridgehead atoms. The minimum absolute atomic E-state index is 0.219. The van der Waals surface area contributed by atoms with Gasteiger partial charge >= 0.3 is 0 Å². The van der Waals surface area contributed by atoms with E-state index in [-0.39, 0.29) is 6.61 Å². The van der Waals surface area contributed by atoms with Crippen LogP contribution in [0.2, 0.25) is 0 Å². The van der Waals surface area contributed by atoms with Crippen molar-refractivity contribution in [2.24, 2.45) is 0 Å². The summed E-state index contributed by atoms with van der Waals surface area (Å²) in [5, 5.41) is 12.1. The Morgan fingerprint density at radius 1 is 0.581 bits per heavy atom. The Balaban J connectivity index is 1.44. The second kappa shape index (κ2) is 15.9. The Morgan fingerprint density at radius 3 is 1.47 bits per heavy atom. The lowest BCUT2D eigenvalue weighted by Gasteiger charge is -2.50. The maximum absolute atomic E-state index is 12.1. The van der Waals surface area contributed by atoms with E-state index in [9.17, 15) is 5.11 Å². The van der Waals surface area contributed by atoms with E-state index in [1.165, 1.54) is 0 Å². The molecule has 0 aromatic heterocycles. The second-order valence-electron chi connectivity index (χ2n) is 11.0. The first-order valence-electron chi connectivity index (χ1n) is 15.1. The minimum atomic E-state index is -1.60. The van der Waals surface area contributed by atoms with E-state index in [1.54, 1.807) is 0 Å². The van der Waals surface area contributed by atoms with Gasteiger partial charge in [0.2, 0.25) is 0 Å². The van der Waals surface area contributed by atoms with Gasteiger partial charge in [0.25, 0.3) is 0 Å². The molecule has 226 valence electrons. The predicted molar refractivity (Wildman–Crippen MR) is 166 cm³/mol. The summed E-state index contributed by atoms with van der Waals surface area (Å²) in [7, 11) is 0. The smallest absolute Gasteiger partial charge is 0.195 e. The molecule has 6 nitrogen and oxygen atoms in total. The highest BCUT2D eigenvalue weighted by molar-refractivity contribution is 5.16. The predicted octanol–water partition coefficient (Wildman–Crippen LogP) is 6.85. The van der Waals surface area contributed by atoms with Crippen LogP contribution >= 0.6 is 0 Å². The van der Waals surface area contributed by atoms with Gasteiger partial charge in [-0.1, -0.05) is 135 Å². The van der Waals surface area contributed by atoms with Crippen LogP contribution in [0.4, 0.5) is 0 Å². The second-order valence-corrected chi connectivity index (χ2v) is 11.0. The van der Waals surface area contributed by atoms with E-state index in [2.05, 4.69) is 0 Å². The molecule has 1 saturated heterocycles. The molecule has 5 atom stereocenters. The molecule has 0 saturated carbocycles. The van der Waals surface area contributed by atoms with Crippen molar-refractivity contribution in [3.8, 4) is 0 Å². The molecular weight excluding hydrogens is 540 g/mol. The number of benzene rings is 4. The molecule has 43 heavy (non-hydrogen) atoms. The summed E-state index contributed by atoms with van der Waals surface area (Å²) >= 11 is 0. The Hall–Kier alpha value is -3.36. The molecule has 4 aromatic carbocycles. The van der Waals surface area contributed by atoms with Crippen molar-refractivity contribution in [1.82, 2.24) is 0 Å². The Labute approximate surface area is 255 Å². The molecule has 0 unspecified atom stereocenters. The maximum atomic E-state index is 12.1. The number of hydrogen-bond donors (Lipinski definition) is 1. The first kappa shape index (κ1) is 31.1. The molecule has 1 heterocycles. The molecule has 1 aliphatic rings. The monoisotopic (exact) mass is 582 g/mol. The van der Waals surface area contributed by atoms with Crippen LogP contribution in [-0.4, -0.2) is 41.9 Å². The zero-order valence-electron chi connectivity index (χ0n) is 24.8. The lowest BCUT2D eigenvalue weighted by molar-refractivity contribution is -0.372. The highest BCUT2D eigenvalue weighted by Gasteiger charge is 2.55. The number of rotatable bonds is 15. The van der Waals surface area contributed by atoms with Crippen LogP contribution in [0.3, 0.4) is 0 Å². The summed E-state index contributed by atoms with van der Waals surface area (Å²) < 4.78 is 32.5. The van der Waals surface area contributed by atoms with Gasteiger partial charge in [0.05, 0.1) is 33.0 Å². The summed E-state index contributed by atoms with van der Waals surface area (Å²) in [6.45, 7) is 3.65. The molecule has 0 amide bonds. The fourth-order valence-electron chi connectivity index (χ4n) is 5.50. The Morgan fingerprint density at radius 2 is 1.00 bits per heavy atom. The largest absolute Gasteiger partial charge is 0.374 e. The highest BCUT2D eigenvalue weighted by Crippen LogP contribution is 2.38. The summed E-state index contributed by atoms with van der Waals surface area (Å²) in [6.07, 6.45) is -1.54. The molecule has 0 aliphatic carbocycles. The van der Waals surface area contributed by atoms with Crippen molar-refractivity contribution in [2.75, 3.05) is 6.61 Å². The molecule has 4 aromatic rings. The van der Waals surface area contributed by atoms with Crippen molar-refractivity contribution in [3.63, 3.8) is 0 Å². The molecule has 1 aliphatic heterocycles. The number of aliphatic hydroxyl groups is 1. The lowest BCUT2D eigenvalue weighted by Crippen LogP contribution is -2.67. The van der Waals surface area contributed by atoms with Crippen LogP contribution in [-0.2, 0) is 50.1 Å². The van der Waals surface area contributed by atoms with Crippen molar-refractivity contribution in [2.45, 2.75) is 76.4 Å². The topological polar surface area (TPSA) is 66.4 Å². The van der Waals surface area contributed by atoms with E-state index in [0.717, 1.165) is 22.3 Å². The average molecular weight is 583 g/mol. The normalized spacial score (nSPS) is 23.7. The van der Waals surface area contributed by atoms with Crippen molar-refractivity contribution in [1.29, 1.82) is 0 Å². The van der Waals surface area contributed by atoms with Crippen LogP contribution in [0, 0.1) is 0 Å². The van der Waals surface area contributed by atoms with E-state index >= 15 is 0 Å². The average Bonchev–Trinajstić information content (AvgIpc) is 3.05. The van der Waals surface area contributed by atoms with Crippen molar-refractivity contribution >= 4 is 0 Å². The minimum Gasteiger partial charge on any atom is -0.374 e. The Bertz CT molecular complexity index is 1320. The Kier molecular flexibility index (Phi) is 11.5. The fourth-order valence-corrected chi connectivity index (χ4v) is 5.50. The van der Waals surface area contributed by atoms with E-state index < -0.39 is 30.2 Å². The summed E-state index contributed by atoms with van der Waals surface area (Å²) in [4.78, 5) is 0. The SMILES string of the molecule is CCC[C@]1(O)O[C@H](COCc2ccccc2)[C@H](OCc2ccccc2)[C@H](OCc2ccccc2)[C@H]1OCc1ccccc1. The molecule has 5 rings (SSSR count). The third-order valence-corrected chi connectivity index (χ3v) is 7.63. The van der Waals surface area contributed by atoms with Gasteiger partial charge in [-0.15, -0.1) is 0 Å². The summed E-state index contributed by atoms with van der Waals surface area (Å²) in [5.41, 5.74) is 4.11. The van der Waals surface area contributed by atoms with Gasteiger partial charge in [-0.2, -0.15) is 0 Å².